The Bertz CT molecular complexity index is 885. The van der Waals surface area contributed by atoms with E-state index in [0.717, 1.165) is 4.47 Å². The fraction of sp³-hybridized carbons (Fsp3) is 0.188. The molecule has 128 valence electrons. The van der Waals surface area contributed by atoms with E-state index in [1.54, 1.807) is 50.2 Å². The smallest absolute Gasteiger partial charge is 0.257 e. The molecule has 2 N–H and O–H groups in total. The highest BCUT2D eigenvalue weighted by molar-refractivity contribution is 9.10. The molecule has 24 heavy (non-hydrogen) atoms. The van der Waals surface area contributed by atoms with Crippen molar-refractivity contribution in [2.45, 2.75) is 13.8 Å². The molecule has 0 radical (unpaired) electrons. The van der Waals surface area contributed by atoms with E-state index in [-0.39, 0.29) is 11.7 Å². The van der Waals surface area contributed by atoms with E-state index in [1.165, 1.54) is 0 Å². The molecule has 0 bridgehead atoms. The van der Waals surface area contributed by atoms with E-state index in [9.17, 15) is 13.2 Å². The van der Waals surface area contributed by atoms with E-state index < -0.39 is 10.0 Å². The molecular weight excluding hydrogens is 416 g/mol. The number of rotatable bonds is 5. The van der Waals surface area contributed by atoms with Gasteiger partial charge in [-0.25, -0.2) is 8.42 Å². The SMILES string of the molecule is CCS(=O)(=O)Nc1ccc(NC(=O)c2cc(Br)ccc2Cl)cc1C. The molecule has 1 amide bonds. The summed E-state index contributed by atoms with van der Waals surface area (Å²) in [4.78, 5) is 12.3. The average Bonchev–Trinajstić information content (AvgIpc) is 2.52. The lowest BCUT2D eigenvalue weighted by Gasteiger charge is -2.12. The maximum atomic E-state index is 12.3. The average molecular weight is 432 g/mol. The molecule has 0 aliphatic rings. The number of nitrogens with one attached hydrogen (secondary N) is 2. The second-order valence-corrected chi connectivity index (χ2v) is 8.45. The van der Waals surface area contributed by atoms with Crippen LogP contribution in [0.25, 0.3) is 0 Å². The quantitative estimate of drug-likeness (QED) is 0.735. The molecule has 0 heterocycles. The Morgan fingerprint density at radius 3 is 2.54 bits per heavy atom. The number of carbonyl (C=O) groups excluding carboxylic acids is 1. The number of halogens is 2. The zero-order valence-corrected chi connectivity index (χ0v) is 16.2. The molecule has 8 heteroatoms. The third-order valence-electron chi connectivity index (χ3n) is 3.30. The normalized spacial score (nSPS) is 11.2. The van der Waals surface area contributed by atoms with Crippen LogP contribution in [0.15, 0.2) is 40.9 Å². The first kappa shape index (κ1) is 18.8. The molecule has 0 saturated heterocycles. The highest BCUT2D eigenvalue weighted by Crippen LogP contribution is 2.24. The first-order valence-corrected chi connectivity index (χ1v) is 9.91. The standard InChI is InChI=1S/C16H16BrClN2O3S/c1-3-24(22,23)20-15-7-5-12(8-10(15)2)19-16(21)13-9-11(17)4-6-14(13)18/h4-9,20H,3H2,1-2H3,(H,19,21). The number of anilines is 2. The van der Waals surface area contributed by atoms with Crippen LogP contribution in [0, 0.1) is 6.92 Å². The van der Waals surface area contributed by atoms with Gasteiger partial charge < -0.3 is 5.32 Å². The van der Waals surface area contributed by atoms with Crippen LogP contribution >= 0.6 is 27.5 Å². The number of hydrogen-bond acceptors (Lipinski definition) is 3. The molecule has 2 aromatic rings. The van der Waals surface area contributed by atoms with Crippen molar-refractivity contribution in [3.8, 4) is 0 Å². The van der Waals surface area contributed by atoms with Crippen LogP contribution in [0.5, 0.6) is 0 Å². The third kappa shape index (κ3) is 4.72. The van der Waals surface area contributed by atoms with Crippen LogP contribution in [0.2, 0.25) is 5.02 Å². The highest BCUT2D eigenvalue weighted by Gasteiger charge is 2.13. The first-order valence-electron chi connectivity index (χ1n) is 7.09. The number of benzene rings is 2. The van der Waals surface area contributed by atoms with Gasteiger partial charge in [-0.1, -0.05) is 27.5 Å². The van der Waals surface area contributed by atoms with Crippen molar-refractivity contribution in [3.05, 3.63) is 57.0 Å². The van der Waals surface area contributed by atoms with Crippen LogP contribution < -0.4 is 10.0 Å². The van der Waals surface area contributed by atoms with Gasteiger partial charge in [-0.15, -0.1) is 0 Å². The van der Waals surface area contributed by atoms with E-state index in [0.29, 0.717) is 27.5 Å². The van der Waals surface area contributed by atoms with Crippen LogP contribution in [0.3, 0.4) is 0 Å². The van der Waals surface area contributed by atoms with Gasteiger partial charge in [0.15, 0.2) is 0 Å². The Morgan fingerprint density at radius 1 is 1.21 bits per heavy atom. The summed E-state index contributed by atoms with van der Waals surface area (Å²) in [5.41, 5.74) is 2.08. The van der Waals surface area contributed by atoms with Crippen LogP contribution in [0.1, 0.15) is 22.8 Å². The Kier molecular flexibility index (Phi) is 5.90. The summed E-state index contributed by atoms with van der Waals surface area (Å²) in [6.45, 7) is 3.32. The third-order valence-corrected chi connectivity index (χ3v) is 5.42. The maximum Gasteiger partial charge on any atom is 0.257 e. The molecule has 0 fully saturated rings. The second-order valence-electron chi connectivity index (χ2n) is 5.11. The number of hydrogen-bond donors (Lipinski definition) is 2. The zero-order valence-electron chi connectivity index (χ0n) is 13.1. The minimum Gasteiger partial charge on any atom is -0.322 e. The van der Waals surface area contributed by atoms with Gasteiger partial charge in [0.2, 0.25) is 10.0 Å². The van der Waals surface area contributed by atoms with Gasteiger partial charge in [0, 0.05) is 10.2 Å². The molecule has 0 aromatic heterocycles. The van der Waals surface area contributed by atoms with Crippen molar-refractivity contribution in [2.75, 3.05) is 15.8 Å². The fourth-order valence-electron chi connectivity index (χ4n) is 1.97. The molecule has 0 aliphatic carbocycles. The summed E-state index contributed by atoms with van der Waals surface area (Å²) in [6, 6.07) is 9.95. The number of amides is 1. The largest absolute Gasteiger partial charge is 0.322 e. The second kappa shape index (κ2) is 7.55. The van der Waals surface area contributed by atoms with Gasteiger partial charge in [0.05, 0.1) is 22.0 Å². The molecule has 0 spiro atoms. The highest BCUT2D eigenvalue weighted by atomic mass is 79.9. The summed E-state index contributed by atoms with van der Waals surface area (Å²) >= 11 is 9.35. The summed E-state index contributed by atoms with van der Waals surface area (Å²) < 4.78 is 26.5. The lowest BCUT2D eigenvalue weighted by Crippen LogP contribution is -2.16. The van der Waals surface area contributed by atoms with E-state index in [1.807, 2.05) is 0 Å². The van der Waals surface area contributed by atoms with Crippen LogP contribution in [0.4, 0.5) is 11.4 Å². The van der Waals surface area contributed by atoms with Crippen LogP contribution in [-0.4, -0.2) is 20.1 Å². The van der Waals surface area contributed by atoms with Gasteiger partial charge in [-0.05, 0) is 55.8 Å². The predicted octanol–water partition coefficient (Wildman–Crippen LogP) is 4.42. The van der Waals surface area contributed by atoms with Gasteiger partial charge >= 0.3 is 0 Å². The van der Waals surface area contributed by atoms with Gasteiger partial charge in [-0.2, -0.15) is 0 Å². The summed E-state index contributed by atoms with van der Waals surface area (Å²) in [5, 5.41) is 3.10. The van der Waals surface area contributed by atoms with Crippen molar-refractivity contribution >= 4 is 54.8 Å². The van der Waals surface area contributed by atoms with Crippen molar-refractivity contribution < 1.29 is 13.2 Å². The van der Waals surface area contributed by atoms with Crippen molar-refractivity contribution in [2.24, 2.45) is 0 Å². The van der Waals surface area contributed by atoms with Crippen molar-refractivity contribution in [1.29, 1.82) is 0 Å². The van der Waals surface area contributed by atoms with E-state index >= 15 is 0 Å². The zero-order chi connectivity index (χ0) is 17.9. The molecule has 0 atom stereocenters. The predicted molar refractivity (Wildman–Crippen MR) is 101 cm³/mol. The number of carbonyl (C=O) groups is 1. The molecule has 5 nitrogen and oxygen atoms in total. The number of sulfonamides is 1. The van der Waals surface area contributed by atoms with Crippen LogP contribution in [-0.2, 0) is 10.0 Å². The Labute approximate surface area is 154 Å². The summed E-state index contributed by atoms with van der Waals surface area (Å²) in [5.74, 6) is -0.352. The van der Waals surface area contributed by atoms with Gasteiger partial charge in [-0.3, -0.25) is 9.52 Å². The summed E-state index contributed by atoms with van der Waals surface area (Å²) in [6.07, 6.45) is 0. The molecule has 0 aliphatic heterocycles. The minimum absolute atomic E-state index is 0.00763. The Hall–Kier alpha value is -1.57. The van der Waals surface area contributed by atoms with Crippen molar-refractivity contribution in [1.82, 2.24) is 0 Å². The fourth-order valence-corrected chi connectivity index (χ4v) is 3.24. The topological polar surface area (TPSA) is 75.3 Å². The molecular formula is C16H16BrClN2O3S. The molecule has 0 saturated carbocycles. The van der Waals surface area contributed by atoms with Crippen molar-refractivity contribution in [3.63, 3.8) is 0 Å². The van der Waals surface area contributed by atoms with Gasteiger partial charge in [0.25, 0.3) is 5.91 Å². The summed E-state index contributed by atoms with van der Waals surface area (Å²) in [7, 11) is -3.34. The first-order chi connectivity index (χ1) is 11.2. The van der Waals surface area contributed by atoms with E-state index in [4.69, 9.17) is 11.6 Å². The maximum absolute atomic E-state index is 12.3. The lowest BCUT2D eigenvalue weighted by molar-refractivity contribution is 0.102. The molecule has 2 aromatic carbocycles. The molecule has 2 rings (SSSR count). The number of aryl methyl sites for hydroxylation is 1. The lowest BCUT2D eigenvalue weighted by atomic mass is 10.1. The van der Waals surface area contributed by atoms with Gasteiger partial charge in [0.1, 0.15) is 0 Å². The molecule has 0 unspecified atom stereocenters. The Morgan fingerprint density at radius 2 is 1.92 bits per heavy atom. The minimum atomic E-state index is -3.34. The van der Waals surface area contributed by atoms with E-state index in [2.05, 4.69) is 26.0 Å². The Balaban J connectivity index is 2.20. The monoisotopic (exact) mass is 430 g/mol.